The Hall–Kier alpha value is -1.71. The molecule has 8 nitrogen and oxygen atoms in total. The van der Waals surface area contributed by atoms with Gasteiger partial charge in [0.15, 0.2) is 0 Å². The largest absolute Gasteiger partial charge is 0.465 e. The summed E-state index contributed by atoms with van der Waals surface area (Å²) in [4.78, 5) is 22.0. The number of aliphatic hydroxyl groups excluding tert-OH is 2. The van der Waals surface area contributed by atoms with Crippen LogP contribution >= 0.6 is 15.9 Å². The molecule has 0 bridgehead atoms. The van der Waals surface area contributed by atoms with E-state index in [9.17, 15) is 20.0 Å². The molecule has 1 aromatic carbocycles. The summed E-state index contributed by atoms with van der Waals surface area (Å²) in [6, 6.07) is 2.59. The lowest BCUT2D eigenvalue weighted by Gasteiger charge is -2.14. The number of nitrogens with one attached hydrogen (secondary N) is 1. The van der Waals surface area contributed by atoms with Crippen molar-refractivity contribution in [2.24, 2.45) is 0 Å². The summed E-state index contributed by atoms with van der Waals surface area (Å²) in [6.45, 7) is -0.659. The van der Waals surface area contributed by atoms with Gasteiger partial charge < -0.3 is 20.3 Å². The van der Waals surface area contributed by atoms with Crippen LogP contribution in [0.15, 0.2) is 16.6 Å². The fourth-order valence-corrected chi connectivity index (χ4v) is 1.92. The van der Waals surface area contributed by atoms with Crippen molar-refractivity contribution >= 4 is 33.3 Å². The molecule has 1 rings (SSSR count). The van der Waals surface area contributed by atoms with Crippen LogP contribution in [-0.2, 0) is 4.74 Å². The summed E-state index contributed by atoms with van der Waals surface area (Å²) < 4.78 is 4.91. The number of carbonyl (C=O) groups is 1. The molecule has 1 aromatic rings. The van der Waals surface area contributed by atoms with E-state index in [2.05, 4.69) is 26.0 Å². The van der Waals surface area contributed by atoms with Crippen LogP contribution in [-0.4, -0.2) is 47.5 Å². The minimum Gasteiger partial charge on any atom is -0.465 e. The van der Waals surface area contributed by atoms with Gasteiger partial charge in [0.25, 0.3) is 5.69 Å². The third-order valence-electron chi connectivity index (χ3n) is 2.41. The molecule has 9 heteroatoms. The summed E-state index contributed by atoms with van der Waals surface area (Å²) in [5.41, 5.74) is -0.457. The number of benzene rings is 1. The number of aliphatic hydroxyl groups is 2. The third-order valence-corrected chi connectivity index (χ3v) is 2.87. The first-order chi connectivity index (χ1) is 9.40. The Kier molecular flexibility index (Phi) is 5.86. The van der Waals surface area contributed by atoms with Gasteiger partial charge in [0.2, 0.25) is 0 Å². The van der Waals surface area contributed by atoms with E-state index in [4.69, 9.17) is 5.11 Å². The van der Waals surface area contributed by atoms with Gasteiger partial charge in [-0.25, -0.2) is 4.79 Å². The van der Waals surface area contributed by atoms with Gasteiger partial charge in [-0.2, -0.15) is 0 Å². The lowest BCUT2D eigenvalue weighted by Crippen LogP contribution is -2.24. The molecule has 0 aliphatic heterocycles. The molecule has 0 fully saturated rings. The number of rotatable bonds is 6. The maximum absolute atomic E-state index is 11.7. The van der Waals surface area contributed by atoms with E-state index in [1.54, 1.807) is 0 Å². The number of halogens is 1. The molecule has 0 unspecified atom stereocenters. The minimum absolute atomic E-state index is 0.0429. The van der Waals surface area contributed by atoms with Crippen LogP contribution in [0.1, 0.15) is 10.4 Å². The van der Waals surface area contributed by atoms with Crippen LogP contribution in [0, 0.1) is 10.1 Å². The number of anilines is 1. The van der Waals surface area contributed by atoms with Gasteiger partial charge in [-0.3, -0.25) is 10.1 Å². The number of hydrogen-bond acceptors (Lipinski definition) is 7. The Morgan fingerprint density at radius 2 is 2.25 bits per heavy atom. The number of ether oxygens (including phenoxy) is 1. The van der Waals surface area contributed by atoms with Gasteiger partial charge in [-0.15, -0.1) is 0 Å². The summed E-state index contributed by atoms with van der Waals surface area (Å²) in [5.74, 6) is -0.754. The maximum Gasteiger partial charge on any atom is 0.340 e. The first-order valence-corrected chi connectivity index (χ1v) is 6.29. The van der Waals surface area contributed by atoms with Crippen LogP contribution in [0.5, 0.6) is 0 Å². The molecule has 0 amide bonds. The monoisotopic (exact) mass is 348 g/mol. The Bertz CT molecular complexity index is 522. The highest BCUT2D eigenvalue weighted by atomic mass is 79.9. The van der Waals surface area contributed by atoms with Gasteiger partial charge in [-0.05, 0) is 6.07 Å². The minimum atomic E-state index is -1.11. The van der Waals surface area contributed by atoms with Gasteiger partial charge >= 0.3 is 5.97 Å². The summed E-state index contributed by atoms with van der Waals surface area (Å²) in [5, 5.41) is 31.6. The maximum atomic E-state index is 11.7. The highest BCUT2D eigenvalue weighted by Gasteiger charge is 2.24. The Labute approximate surface area is 122 Å². The molecule has 0 aliphatic rings. The molecule has 0 aliphatic carbocycles. The van der Waals surface area contributed by atoms with E-state index < -0.39 is 23.6 Å². The van der Waals surface area contributed by atoms with Crippen molar-refractivity contribution in [2.45, 2.75) is 6.10 Å². The number of nitrogens with zero attached hydrogens (tertiary/aromatic N) is 1. The molecule has 0 aromatic heterocycles. The van der Waals surface area contributed by atoms with Crippen LogP contribution in [0.3, 0.4) is 0 Å². The highest BCUT2D eigenvalue weighted by Crippen LogP contribution is 2.32. The van der Waals surface area contributed by atoms with E-state index in [0.717, 1.165) is 7.11 Å². The van der Waals surface area contributed by atoms with Crippen LogP contribution in [0.25, 0.3) is 0 Å². The second kappa shape index (κ2) is 7.17. The third kappa shape index (κ3) is 3.89. The second-order valence-corrected chi connectivity index (χ2v) is 4.73. The van der Waals surface area contributed by atoms with Crippen molar-refractivity contribution < 1.29 is 24.7 Å². The smallest absolute Gasteiger partial charge is 0.340 e. The van der Waals surface area contributed by atoms with E-state index in [1.807, 2.05) is 0 Å². The zero-order valence-corrected chi connectivity index (χ0v) is 12.1. The van der Waals surface area contributed by atoms with E-state index in [0.29, 0.717) is 4.47 Å². The van der Waals surface area contributed by atoms with Crippen molar-refractivity contribution in [3.05, 3.63) is 32.3 Å². The normalized spacial score (nSPS) is 11.8. The summed E-state index contributed by atoms with van der Waals surface area (Å²) >= 11 is 3.08. The molecule has 0 saturated heterocycles. The number of carbonyl (C=O) groups excluding carboxylic acids is 1. The molecular weight excluding hydrogens is 336 g/mol. The number of nitro benzene ring substituents is 1. The quantitative estimate of drug-likeness (QED) is 0.396. The molecule has 3 N–H and O–H groups in total. The fourth-order valence-electron chi connectivity index (χ4n) is 1.48. The standard InChI is InChI=1S/C11H13BrN2O6/c1-20-11(17)8-2-6(12)3-9(14(18)19)10(8)13-4-7(16)5-15/h2-3,7,13,15-16H,4-5H2,1H3/t7-/m1/s1. The van der Waals surface area contributed by atoms with Crippen molar-refractivity contribution in [1.29, 1.82) is 0 Å². The van der Waals surface area contributed by atoms with Crippen molar-refractivity contribution in [3.63, 3.8) is 0 Å². The van der Waals surface area contributed by atoms with Gasteiger partial charge in [-0.1, -0.05) is 15.9 Å². The zero-order chi connectivity index (χ0) is 15.3. The number of methoxy groups -OCH3 is 1. The molecule has 0 saturated carbocycles. The van der Waals surface area contributed by atoms with Crippen LogP contribution < -0.4 is 5.32 Å². The molecule has 1 atom stereocenters. The molecular formula is C11H13BrN2O6. The zero-order valence-electron chi connectivity index (χ0n) is 10.5. The topological polar surface area (TPSA) is 122 Å². The number of nitro groups is 1. The van der Waals surface area contributed by atoms with Gasteiger partial charge in [0.05, 0.1) is 30.3 Å². The van der Waals surface area contributed by atoms with Gasteiger partial charge in [0, 0.05) is 17.1 Å². The fraction of sp³-hybridized carbons (Fsp3) is 0.364. The highest BCUT2D eigenvalue weighted by molar-refractivity contribution is 9.10. The van der Waals surface area contributed by atoms with E-state index in [-0.39, 0.29) is 23.5 Å². The van der Waals surface area contributed by atoms with E-state index >= 15 is 0 Å². The Morgan fingerprint density at radius 3 is 2.75 bits per heavy atom. The summed E-state index contributed by atoms with van der Waals surface area (Å²) in [7, 11) is 1.15. The lowest BCUT2D eigenvalue weighted by atomic mass is 10.1. The molecule has 0 heterocycles. The van der Waals surface area contributed by atoms with Crippen molar-refractivity contribution in [3.8, 4) is 0 Å². The van der Waals surface area contributed by atoms with Crippen molar-refractivity contribution in [1.82, 2.24) is 0 Å². The molecule has 110 valence electrons. The van der Waals surface area contributed by atoms with Crippen LogP contribution in [0.2, 0.25) is 0 Å². The average Bonchev–Trinajstić information content (AvgIpc) is 2.43. The number of esters is 1. The first kappa shape index (κ1) is 16.3. The predicted octanol–water partition coefficient (Wildman–Crippen LogP) is 0.909. The van der Waals surface area contributed by atoms with E-state index in [1.165, 1.54) is 12.1 Å². The average molecular weight is 349 g/mol. The second-order valence-electron chi connectivity index (χ2n) is 3.81. The SMILES string of the molecule is COC(=O)c1cc(Br)cc([N+](=O)[O-])c1NC[C@@H](O)CO. The van der Waals surface area contributed by atoms with Gasteiger partial charge in [0.1, 0.15) is 5.69 Å². The molecule has 0 radical (unpaired) electrons. The lowest BCUT2D eigenvalue weighted by molar-refractivity contribution is -0.384. The summed E-state index contributed by atoms with van der Waals surface area (Å²) in [6.07, 6.45) is -1.11. The Morgan fingerprint density at radius 1 is 1.60 bits per heavy atom. The predicted molar refractivity (Wildman–Crippen MR) is 73.7 cm³/mol. The van der Waals surface area contributed by atoms with Crippen molar-refractivity contribution in [2.75, 3.05) is 25.6 Å². The Balaban J connectivity index is 3.27. The number of hydrogen-bond donors (Lipinski definition) is 3. The first-order valence-electron chi connectivity index (χ1n) is 5.49. The molecule has 20 heavy (non-hydrogen) atoms. The molecule has 0 spiro atoms. The van der Waals surface area contributed by atoms with Crippen LogP contribution in [0.4, 0.5) is 11.4 Å².